The third-order valence-electron chi connectivity index (χ3n) is 3.47. The summed E-state index contributed by atoms with van der Waals surface area (Å²) >= 11 is 0. The van der Waals surface area contributed by atoms with Crippen LogP contribution in [0.4, 0.5) is 0 Å². The zero-order chi connectivity index (χ0) is 21.5. The number of amidine groups is 1. The summed E-state index contributed by atoms with van der Waals surface area (Å²) in [6, 6.07) is 6.61. The van der Waals surface area contributed by atoms with Crippen LogP contribution in [0.1, 0.15) is 34.0 Å². The summed E-state index contributed by atoms with van der Waals surface area (Å²) in [6.45, 7) is -1.00. The van der Waals surface area contributed by atoms with Crippen LogP contribution in [0.15, 0.2) is 52.3 Å². The minimum absolute atomic E-state index is 0.00925. The number of rotatable bonds is 4. The van der Waals surface area contributed by atoms with E-state index >= 15 is 0 Å². The fourth-order valence-corrected chi connectivity index (χ4v) is 2.32. The molecule has 1 aromatic rings. The molecule has 0 radical (unpaired) electrons. The first-order chi connectivity index (χ1) is 13.6. The van der Waals surface area contributed by atoms with Crippen LogP contribution in [0.5, 0.6) is 5.75 Å². The molecule has 2 aliphatic rings. The number of carbonyl (C=O) groups is 1. The van der Waals surface area contributed by atoms with Crippen molar-refractivity contribution in [3.8, 4) is 5.75 Å². The second kappa shape index (κ2) is 6.20. The van der Waals surface area contributed by atoms with Crippen LogP contribution < -0.4 is 10.1 Å². The van der Waals surface area contributed by atoms with Gasteiger partial charge in [0.2, 0.25) is 11.4 Å². The molecule has 2 aliphatic heterocycles. The van der Waals surface area contributed by atoms with E-state index in [-0.39, 0.29) is 23.8 Å². The molecule has 118 valence electrons. The van der Waals surface area contributed by atoms with Crippen molar-refractivity contribution in [1.82, 2.24) is 5.32 Å². The maximum absolute atomic E-state index is 12.8. The van der Waals surface area contributed by atoms with Crippen molar-refractivity contribution in [2.75, 3.05) is 7.11 Å². The molecule has 5 nitrogen and oxygen atoms in total. The van der Waals surface area contributed by atoms with Gasteiger partial charge < -0.3 is 10.1 Å². The first-order valence-corrected chi connectivity index (χ1v) is 7.04. The topological polar surface area (TPSA) is 53.7 Å². The number of nitrogens with one attached hydrogen (secondary N) is 1. The number of hydrogen-bond acceptors (Lipinski definition) is 3. The Morgan fingerprint density at radius 1 is 1.52 bits per heavy atom. The quantitative estimate of drug-likeness (QED) is 0.867. The van der Waals surface area contributed by atoms with Crippen molar-refractivity contribution in [1.29, 1.82) is 0 Å². The largest absolute Gasteiger partial charge is 0.497 e. The Kier molecular flexibility index (Phi) is 2.55. The number of allylic oxidation sites excluding steroid dienone is 2. The normalized spacial score (nSPS) is 24.8. The molecule has 1 atom stereocenters. The van der Waals surface area contributed by atoms with E-state index in [1.54, 1.807) is 38.3 Å². The summed E-state index contributed by atoms with van der Waals surface area (Å²) in [7, 11) is 1.56. The van der Waals surface area contributed by atoms with Gasteiger partial charge in [-0.05, 0) is 35.1 Å². The third-order valence-corrected chi connectivity index (χ3v) is 3.47. The number of nitrogens with zero attached hydrogens (tertiary/aromatic N) is 2. The van der Waals surface area contributed by atoms with Crippen LogP contribution in [0.2, 0.25) is 0 Å². The molecule has 23 heavy (non-hydrogen) atoms. The Bertz CT molecular complexity index is 990. The summed E-state index contributed by atoms with van der Waals surface area (Å²) < 4.78 is 53.5. The van der Waals surface area contributed by atoms with Gasteiger partial charge >= 0.3 is 5.84 Å². The lowest BCUT2D eigenvalue weighted by Crippen LogP contribution is -2.32. The highest BCUT2D eigenvalue weighted by Gasteiger charge is 2.35. The van der Waals surface area contributed by atoms with E-state index in [4.69, 9.17) is 13.0 Å². The number of aliphatic imine (C=N–C) groups is 1. The van der Waals surface area contributed by atoms with Crippen LogP contribution in [-0.4, -0.2) is 29.6 Å². The number of fused-ring (bicyclic) bond motifs is 1. The number of carbonyl (C=O) groups excluding carboxylic acids is 1. The molecular formula is C18H20N3O2+. The number of amides is 1. The van der Waals surface area contributed by atoms with E-state index in [2.05, 4.69) is 10.3 Å². The van der Waals surface area contributed by atoms with E-state index in [9.17, 15) is 4.79 Å². The van der Waals surface area contributed by atoms with E-state index in [1.165, 1.54) is 0 Å². The molecule has 0 saturated heterocycles. The van der Waals surface area contributed by atoms with Crippen molar-refractivity contribution in [2.45, 2.75) is 26.7 Å². The minimum Gasteiger partial charge on any atom is -0.497 e. The number of hydrogen-bond donors (Lipinski definition) is 1. The third kappa shape index (κ3) is 3.08. The van der Waals surface area contributed by atoms with Gasteiger partial charge in [0, 0.05) is 19.0 Å². The fraction of sp³-hybridized carbons (Fsp3) is 0.278. The van der Waals surface area contributed by atoms with Gasteiger partial charge in [-0.3, -0.25) is 4.79 Å². The van der Waals surface area contributed by atoms with Gasteiger partial charge in [-0.1, -0.05) is 18.2 Å². The zero-order valence-corrected chi connectivity index (χ0v) is 12.8. The van der Waals surface area contributed by atoms with Gasteiger partial charge in [-0.2, -0.15) is 4.58 Å². The number of benzene rings is 1. The lowest BCUT2D eigenvalue weighted by molar-refractivity contribution is -0.337. The predicted octanol–water partition coefficient (Wildman–Crippen LogP) is 2.39. The molecule has 0 saturated carbocycles. The van der Waals surface area contributed by atoms with Crippen molar-refractivity contribution in [3.63, 3.8) is 0 Å². The van der Waals surface area contributed by atoms with Crippen LogP contribution in [0, 0.1) is 0 Å². The second-order valence-electron chi connectivity index (χ2n) is 5.05. The zero-order valence-electron chi connectivity index (χ0n) is 18.8. The Morgan fingerprint density at radius 2 is 2.30 bits per heavy atom. The Morgan fingerprint density at radius 3 is 3.00 bits per heavy atom. The average Bonchev–Trinajstić information content (AvgIpc) is 3.01. The predicted molar refractivity (Wildman–Crippen MR) is 89.7 cm³/mol. The number of ether oxygens (including phenoxy) is 1. The summed E-state index contributed by atoms with van der Waals surface area (Å²) in [5.41, 5.74) is 0.519. The average molecular weight is 316 g/mol. The lowest BCUT2D eigenvalue weighted by Gasteiger charge is -2.10. The van der Waals surface area contributed by atoms with Gasteiger partial charge in [0.15, 0.2) is 0 Å². The maximum atomic E-state index is 12.8. The van der Waals surface area contributed by atoms with Crippen molar-refractivity contribution >= 4 is 17.9 Å². The van der Waals surface area contributed by atoms with Gasteiger partial charge in [0.05, 0.1) is 21.1 Å². The fourth-order valence-electron chi connectivity index (χ4n) is 2.32. The number of methoxy groups -OCH3 is 1. The summed E-state index contributed by atoms with van der Waals surface area (Å²) in [4.78, 5) is 17.0. The summed E-state index contributed by atoms with van der Waals surface area (Å²) in [5, 5.41) is 2.73. The van der Waals surface area contributed by atoms with Gasteiger partial charge in [-0.25, -0.2) is 0 Å². The van der Waals surface area contributed by atoms with E-state index in [1.807, 2.05) is 0 Å². The molecule has 3 rings (SSSR count). The van der Waals surface area contributed by atoms with Crippen LogP contribution in [0.25, 0.3) is 0 Å². The van der Waals surface area contributed by atoms with Crippen LogP contribution in [0.3, 0.4) is 0 Å². The summed E-state index contributed by atoms with van der Waals surface area (Å²) in [6.07, 6.45) is -1.91. The molecule has 1 unspecified atom stereocenters. The van der Waals surface area contributed by atoms with Gasteiger partial charge in [0.1, 0.15) is 7.12 Å². The summed E-state index contributed by atoms with van der Waals surface area (Å²) in [5.74, 6) is 0.123. The van der Waals surface area contributed by atoms with Gasteiger partial charge in [0.25, 0.3) is 5.91 Å². The molecule has 0 aromatic heterocycles. The van der Waals surface area contributed by atoms with Crippen molar-refractivity contribution < 1.29 is 22.3 Å². The molecule has 0 bridgehead atoms. The molecule has 0 fully saturated rings. The van der Waals surface area contributed by atoms with E-state index in [0.717, 1.165) is 10.1 Å². The molecule has 0 aliphatic carbocycles. The highest BCUT2D eigenvalue weighted by molar-refractivity contribution is 6.00. The SMILES string of the molecule is [2H]C1=C(C([2H])([2H])[2H])C([2H])=[N+]2C(=NC(C)=C2C(=O)NCc2ccc(OC)cc2)C1[2H]. The van der Waals surface area contributed by atoms with Crippen LogP contribution >= 0.6 is 0 Å². The Balaban J connectivity index is 1.90. The standard InChI is InChI=1S/C18H19N3O2/c1-12-4-9-16-20-13(2)17(21(16)11-12)18(22)19-10-14-5-7-15(23-3)8-6-14/h4-8,11H,9-10H2,1-3H3/p+1/i1D3,4D,9D,11D. The molecule has 1 amide bonds. The Hall–Kier alpha value is -2.69. The molecule has 1 N–H and O–H groups in total. The molecule has 2 heterocycles. The van der Waals surface area contributed by atoms with Crippen molar-refractivity contribution in [2.24, 2.45) is 4.99 Å². The highest BCUT2D eigenvalue weighted by Crippen LogP contribution is 2.21. The monoisotopic (exact) mass is 316 g/mol. The van der Waals surface area contributed by atoms with Gasteiger partial charge in [-0.15, -0.1) is 0 Å². The minimum atomic E-state index is -2.75. The van der Waals surface area contributed by atoms with Crippen LogP contribution in [-0.2, 0) is 11.3 Å². The lowest BCUT2D eigenvalue weighted by atomic mass is 10.2. The maximum Gasteiger partial charge on any atom is 0.308 e. The molecule has 0 spiro atoms. The van der Waals surface area contributed by atoms with Crippen molar-refractivity contribution in [3.05, 3.63) is 52.8 Å². The smallest absolute Gasteiger partial charge is 0.308 e. The first-order valence-electron chi connectivity index (χ1n) is 10.1. The highest BCUT2D eigenvalue weighted by atomic mass is 16.5. The van der Waals surface area contributed by atoms with E-state index < -0.39 is 37.0 Å². The molecule has 5 heteroatoms. The molecule has 1 aromatic carbocycles. The van der Waals surface area contributed by atoms with E-state index in [0.29, 0.717) is 5.75 Å². The Labute approximate surface area is 144 Å². The second-order valence-corrected chi connectivity index (χ2v) is 5.05. The molecular weight excluding hydrogens is 290 g/mol. The first kappa shape index (κ1) is 9.45.